The number of carbonyl (C=O) groups excluding carboxylic acids is 1. The SMILES string of the molecule is O=C(c1n[nH]c(Br)c1Br)N1CCN(Cc2cccnc2)CC1. The molecule has 0 aromatic carbocycles. The molecule has 0 spiro atoms. The maximum atomic E-state index is 12.5. The summed E-state index contributed by atoms with van der Waals surface area (Å²) in [4.78, 5) is 20.8. The number of hydrogen-bond donors (Lipinski definition) is 1. The van der Waals surface area contributed by atoms with Gasteiger partial charge in [-0.15, -0.1) is 0 Å². The molecule has 0 atom stereocenters. The van der Waals surface area contributed by atoms with E-state index in [4.69, 9.17) is 0 Å². The number of aromatic nitrogens is 3. The Balaban J connectivity index is 1.57. The third-order valence-electron chi connectivity index (χ3n) is 3.66. The molecule has 0 bridgehead atoms. The number of amides is 1. The minimum Gasteiger partial charge on any atom is -0.335 e. The summed E-state index contributed by atoms with van der Waals surface area (Å²) < 4.78 is 1.36. The zero-order chi connectivity index (χ0) is 15.5. The quantitative estimate of drug-likeness (QED) is 0.814. The Kier molecular flexibility index (Phi) is 4.90. The number of pyridine rings is 1. The molecule has 116 valence electrons. The minimum atomic E-state index is -0.0464. The summed E-state index contributed by atoms with van der Waals surface area (Å²) >= 11 is 6.67. The van der Waals surface area contributed by atoms with Gasteiger partial charge in [0.1, 0.15) is 4.60 Å². The lowest BCUT2D eigenvalue weighted by atomic mass is 10.2. The Bertz CT molecular complexity index is 653. The monoisotopic (exact) mass is 427 g/mol. The van der Waals surface area contributed by atoms with Crippen LogP contribution in [-0.4, -0.2) is 57.1 Å². The molecular formula is C14H15Br2N5O. The molecule has 22 heavy (non-hydrogen) atoms. The Morgan fingerprint density at radius 2 is 2.05 bits per heavy atom. The largest absolute Gasteiger partial charge is 0.335 e. The van der Waals surface area contributed by atoms with Crippen molar-refractivity contribution in [2.75, 3.05) is 26.2 Å². The average Bonchev–Trinajstić information content (AvgIpc) is 2.88. The highest BCUT2D eigenvalue weighted by molar-refractivity contribution is 9.13. The molecule has 1 N–H and O–H groups in total. The first kappa shape index (κ1) is 15.6. The van der Waals surface area contributed by atoms with Crippen LogP contribution >= 0.6 is 31.9 Å². The highest BCUT2D eigenvalue weighted by Gasteiger charge is 2.26. The van der Waals surface area contributed by atoms with E-state index in [-0.39, 0.29) is 5.91 Å². The molecule has 0 saturated carbocycles. The van der Waals surface area contributed by atoms with Crippen LogP contribution in [0.15, 0.2) is 33.6 Å². The first-order valence-electron chi connectivity index (χ1n) is 6.95. The zero-order valence-electron chi connectivity index (χ0n) is 11.8. The summed E-state index contributed by atoms with van der Waals surface area (Å²) in [5.41, 5.74) is 1.62. The maximum absolute atomic E-state index is 12.5. The van der Waals surface area contributed by atoms with Crippen molar-refractivity contribution in [1.82, 2.24) is 25.0 Å². The van der Waals surface area contributed by atoms with Crippen molar-refractivity contribution in [3.05, 3.63) is 44.9 Å². The number of nitrogens with zero attached hydrogens (tertiary/aromatic N) is 4. The van der Waals surface area contributed by atoms with Gasteiger partial charge in [0.25, 0.3) is 5.91 Å². The summed E-state index contributed by atoms with van der Waals surface area (Å²) in [6.45, 7) is 3.98. The Morgan fingerprint density at radius 1 is 1.27 bits per heavy atom. The van der Waals surface area contributed by atoms with Gasteiger partial charge in [0.2, 0.25) is 0 Å². The molecule has 0 unspecified atom stereocenters. The van der Waals surface area contributed by atoms with Gasteiger partial charge in [-0.25, -0.2) is 0 Å². The van der Waals surface area contributed by atoms with E-state index in [2.05, 4.69) is 58.0 Å². The maximum Gasteiger partial charge on any atom is 0.275 e. The van der Waals surface area contributed by atoms with Crippen LogP contribution in [0.4, 0.5) is 0 Å². The molecule has 3 heterocycles. The number of aromatic amines is 1. The molecule has 2 aromatic heterocycles. The molecule has 1 amide bonds. The third-order valence-corrected chi connectivity index (χ3v) is 5.54. The number of hydrogen-bond acceptors (Lipinski definition) is 4. The standard InChI is InChI=1S/C14H15Br2N5O/c15-11-12(18-19-13(11)16)14(22)21-6-4-20(5-7-21)9-10-2-1-3-17-8-10/h1-3,8H,4-7,9H2,(H,18,19). The first-order chi connectivity index (χ1) is 10.6. The molecule has 6 nitrogen and oxygen atoms in total. The van der Waals surface area contributed by atoms with E-state index < -0.39 is 0 Å². The molecule has 0 aliphatic carbocycles. The summed E-state index contributed by atoms with van der Waals surface area (Å²) in [6, 6.07) is 4.02. The van der Waals surface area contributed by atoms with Crippen LogP contribution in [0.2, 0.25) is 0 Å². The van der Waals surface area contributed by atoms with Crippen molar-refractivity contribution in [3.63, 3.8) is 0 Å². The number of carbonyl (C=O) groups is 1. The van der Waals surface area contributed by atoms with Crippen LogP contribution in [0, 0.1) is 0 Å². The van der Waals surface area contributed by atoms with Crippen LogP contribution < -0.4 is 0 Å². The lowest BCUT2D eigenvalue weighted by Gasteiger charge is -2.34. The lowest BCUT2D eigenvalue weighted by molar-refractivity contribution is 0.0621. The Hall–Kier alpha value is -1.25. The molecule has 3 rings (SSSR count). The van der Waals surface area contributed by atoms with E-state index >= 15 is 0 Å². The van der Waals surface area contributed by atoms with E-state index in [0.29, 0.717) is 27.9 Å². The molecule has 1 aliphatic rings. The van der Waals surface area contributed by atoms with Gasteiger partial charge in [-0.05, 0) is 43.5 Å². The van der Waals surface area contributed by atoms with Crippen LogP contribution in [0.25, 0.3) is 0 Å². The predicted molar refractivity (Wildman–Crippen MR) is 89.4 cm³/mol. The van der Waals surface area contributed by atoms with Crippen molar-refractivity contribution in [2.45, 2.75) is 6.54 Å². The van der Waals surface area contributed by atoms with Crippen LogP contribution in [0.5, 0.6) is 0 Å². The minimum absolute atomic E-state index is 0.0464. The van der Waals surface area contributed by atoms with Crippen molar-refractivity contribution in [3.8, 4) is 0 Å². The Morgan fingerprint density at radius 3 is 2.64 bits per heavy atom. The molecule has 2 aromatic rings. The highest BCUT2D eigenvalue weighted by atomic mass is 79.9. The normalized spacial score (nSPS) is 16.0. The van der Waals surface area contributed by atoms with Crippen molar-refractivity contribution in [2.24, 2.45) is 0 Å². The molecule has 1 aliphatic heterocycles. The van der Waals surface area contributed by atoms with Crippen LogP contribution in [0.1, 0.15) is 16.1 Å². The first-order valence-corrected chi connectivity index (χ1v) is 8.53. The number of halogens is 2. The van der Waals surface area contributed by atoms with E-state index in [0.717, 1.165) is 19.6 Å². The second kappa shape index (κ2) is 6.89. The average molecular weight is 429 g/mol. The topological polar surface area (TPSA) is 65.1 Å². The van der Waals surface area contributed by atoms with Gasteiger partial charge in [-0.3, -0.25) is 19.8 Å². The van der Waals surface area contributed by atoms with Gasteiger partial charge in [-0.2, -0.15) is 5.10 Å². The fraction of sp³-hybridized carbons (Fsp3) is 0.357. The molecular weight excluding hydrogens is 414 g/mol. The highest BCUT2D eigenvalue weighted by Crippen LogP contribution is 2.25. The van der Waals surface area contributed by atoms with Gasteiger partial charge in [0.15, 0.2) is 5.69 Å². The van der Waals surface area contributed by atoms with Crippen molar-refractivity contribution in [1.29, 1.82) is 0 Å². The zero-order valence-corrected chi connectivity index (χ0v) is 15.0. The van der Waals surface area contributed by atoms with Gasteiger partial charge < -0.3 is 4.90 Å². The summed E-state index contributed by atoms with van der Waals surface area (Å²) in [5, 5.41) is 6.80. The van der Waals surface area contributed by atoms with Gasteiger partial charge >= 0.3 is 0 Å². The number of nitrogens with one attached hydrogen (secondary N) is 1. The number of piperazine rings is 1. The van der Waals surface area contributed by atoms with E-state index in [1.807, 2.05) is 17.2 Å². The van der Waals surface area contributed by atoms with E-state index in [1.54, 1.807) is 6.20 Å². The van der Waals surface area contributed by atoms with Gasteiger partial charge in [-0.1, -0.05) is 6.07 Å². The summed E-state index contributed by atoms with van der Waals surface area (Å²) in [5.74, 6) is -0.0464. The van der Waals surface area contributed by atoms with E-state index in [1.165, 1.54) is 5.56 Å². The molecule has 8 heteroatoms. The van der Waals surface area contributed by atoms with Crippen molar-refractivity contribution < 1.29 is 4.79 Å². The fourth-order valence-corrected chi connectivity index (χ4v) is 3.08. The lowest BCUT2D eigenvalue weighted by Crippen LogP contribution is -2.48. The second-order valence-electron chi connectivity index (χ2n) is 5.13. The Labute approximate surface area is 145 Å². The predicted octanol–water partition coefficient (Wildman–Crippen LogP) is 2.29. The number of rotatable bonds is 3. The molecule has 0 radical (unpaired) electrons. The second-order valence-corrected chi connectivity index (χ2v) is 6.72. The van der Waals surface area contributed by atoms with Crippen LogP contribution in [-0.2, 0) is 6.54 Å². The van der Waals surface area contributed by atoms with Crippen molar-refractivity contribution >= 4 is 37.8 Å². The summed E-state index contributed by atoms with van der Waals surface area (Å²) in [7, 11) is 0. The van der Waals surface area contributed by atoms with Crippen LogP contribution in [0.3, 0.4) is 0 Å². The summed E-state index contributed by atoms with van der Waals surface area (Å²) in [6.07, 6.45) is 3.66. The number of H-pyrrole nitrogens is 1. The molecule has 1 saturated heterocycles. The molecule has 1 fully saturated rings. The smallest absolute Gasteiger partial charge is 0.275 e. The van der Waals surface area contributed by atoms with E-state index in [9.17, 15) is 4.79 Å². The third kappa shape index (κ3) is 3.39. The van der Waals surface area contributed by atoms with Gasteiger partial charge in [0.05, 0.1) is 4.47 Å². The van der Waals surface area contributed by atoms with Gasteiger partial charge in [0, 0.05) is 45.1 Å². The fourth-order valence-electron chi connectivity index (χ4n) is 2.46.